The molecule has 1 aromatic rings. The van der Waals surface area contributed by atoms with Crippen LogP contribution in [0.5, 0.6) is 0 Å². The van der Waals surface area contributed by atoms with Crippen molar-refractivity contribution in [2.45, 2.75) is 39.3 Å². The predicted octanol–water partition coefficient (Wildman–Crippen LogP) is 3.06. The molecule has 0 N–H and O–H groups in total. The summed E-state index contributed by atoms with van der Waals surface area (Å²) in [5.41, 5.74) is 0. The average Bonchev–Trinajstić information content (AvgIpc) is 2.75. The number of hydrogen-bond acceptors (Lipinski definition) is 3. The fourth-order valence-corrected chi connectivity index (χ4v) is 2.83. The van der Waals surface area contributed by atoms with Gasteiger partial charge in [-0.25, -0.2) is 0 Å². The summed E-state index contributed by atoms with van der Waals surface area (Å²) < 4.78 is 6.01. The lowest BCUT2D eigenvalue weighted by molar-refractivity contribution is 0.193. The maximum atomic E-state index is 5.22. The van der Waals surface area contributed by atoms with Gasteiger partial charge in [0.2, 0.25) is 0 Å². The molecule has 1 aliphatic rings. The summed E-state index contributed by atoms with van der Waals surface area (Å²) in [5, 5.41) is 3.84. The number of aromatic nitrogens is 1. The van der Waals surface area contributed by atoms with Crippen LogP contribution in [0.25, 0.3) is 0 Å². The summed E-state index contributed by atoms with van der Waals surface area (Å²) >= 11 is 3.30. The molecule has 0 radical (unpaired) electrons. The van der Waals surface area contributed by atoms with Gasteiger partial charge in [-0.3, -0.25) is 4.90 Å². The quantitative estimate of drug-likeness (QED) is 0.847. The minimum Gasteiger partial charge on any atom is -0.359 e. The van der Waals surface area contributed by atoms with E-state index < -0.39 is 0 Å². The van der Waals surface area contributed by atoms with Crippen LogP contribution in [0.1, 0.15) is 32.4 Å². The molecular formula is C11H17BrN2O. The van der Waals surface area contributed by atoms with E-state index in [0.29, 0.717) is 6.04 Å². The SMILES string of the molecule is CCC1C(C)CCN1Cc1cc(Br)no1. The molecule has 0 amide bonds. The van der Waals surface area contributed by atoms with Crippen LogP contribution in [-0.4, -0.2) is 22.6 Å². The second kappa shape index (κ2) is 4.66. The maximum absolute atomic E-state index is 5.22. The van der Waals surface area contributed by atoms with Gasteiger partial charge in [0.05, 0.1) is 6.54 Å². The molecule has 84 valence electrons. The third kappa shape index (κ3) is 2.42. The first-order valence-corrected chi connectivity index (χ1v) is 6.35. The highest BCUT2D eigenvalue weighted by Gasteiger charge is 2.30. The number of likely N-dealkylation sites (tertiary alicyclic amines) is 1. The van der Waals surface area contributed by atoms with Gasteiger partial charge in [0.1, 0.15) is 4.60 Å². The van der Waals surface area contributed by atoms with Gasteiger partial charge in [-0.05, 0) is 41.2 Å². The van der Waals surface area contributed by atoms with Crippen LogP contribution in [0.15, 0.2) is 15.2 Å². The first-order valence-electron chi connectivity index (χ1n) is 5.56. The molecule has 2 rings (SSSR count). The maximum Gasteiger partial charge on any atom is 0.151 e. The topological polar surface area (TPSA) is 29.3 Å². The van der Waals surface area contributed by atoms with E-state index in [1.54, 1.807) is 0 Å². The first kappa shape index (κ1) is 11.1. The van der Waals surface area contributed by atoms with Crippen molar-refractivity contribution in [2.75, 3.05) is 6.54 Å². The van der Waals surface area contributed by atoms with Crippen LogP contribution in [0.2, 0.25) is 0 Å². The number of hydrogen-bond donors (Lipinski definition) is 0. The highest BCUT2D eigenvalue weighted by molar-refractivity contribution is 9.10. The molecule has 2 heterocycles. The van der Waals surface area contributed by atoms with Gasteiger partial charge in [0.25, 0.3) is 0 Å². The molecule has 2 atom stereocenters. The molecule has 0 bridgehead atoms. The second-order valence-corrected chi connectivity index (χ2v) is 5.14. The molecule has 4 heteroatoms. The van der Waals surface area contributed by atoms with E-state index in [-0.39, 0.29) is 0 Å². The zero-order valence-corrected chi connectivity index (χ0v) is 10.8. The lowest BCUT2D eigenvalue weighted by Gasteiger charge is -2.24. The van der Waals surface area contributed by atoms with E-state index in [0.717, 1.165) is 22.8 Å². The molecule has 1 fully saturated rings. The minimum absolute atomic E-state index is 0.703. The van der Waals surface area contributed by atoms with Crippen molar-refractivity contribution in [3.8, 4) is 0 Å². The third-order valence-electron chi connectivity index (χ3n) is 3.30. The molecular weight excluding hydrogens is 256 g/mol. The molecule has 2 unspecified atom stereocenters. The zero-order chi connectivity index (χ0) is 10.8. The smallest absolute Gasteiger partial charge is 0.151 e. The summed E-state index contributed by atoms with van der Waals surface area (Å²) in [6.07, 6.45) is 2.52. The van der Waals surface area contributed by atoms with Crippen molar-refractivity contribution < 1.29 is 4.52 Å². The molecule has 1 aliphatic heterocycles. The van der Waals surface area contributed by atoms with Crippen molar-refractivity contribution in [1.82, 2.24) is 10.1 Å². The van der Waals surface area contributed by atoms with E-state index in [9.17, 15) is 0 Å². The van der Waals surface area contributed by atoms with Crippen LogP contribution in [0.3, 0.4) is 0 Å². The number of halogens is 1. The van der Waals surface area contributed by atoms with E-state index in [1.807, 2.05) is 6.07 Å². The third-order valence-corrected chi connectivity index (χ3v) is 3.68. The van der Waals surface area contributed by atoms with Crippen LogP contribution in [0.4, 0.5) is 0 Å². The normalized spacial score (nSPS) is 27.4. The Morgan fingerprint density at radius 3 is 3.07 bits per heavy atom. The van der Waals surface area contributed by atoms with E-state index in [4.69, 9.17) is 4.52 Å². The van der Waals surface area contributed by atoms with Crippen molar-refractivity contribution in [1.29, 1.82) is 0 Å². The number of rotatable bonds is 3. The summed E-state index contributed by atoms with van der Waals surface area (Å²) in [7, 11) is 0. The summed E-state index contributed by atoms with van der Waals surface area (Å²) in [6, 6.07) is 2.66. The Morgan fingerprint density at radius 2 is 2.47 bits per heavy atom. The van der Waals surface area contributed by atoms with E-state index in [2.05, 4.69) is 39.8 Å². The lowest BCUT2D eigenvalue weighted by Crippen LogP contribution is -2.30. The van der Waals surface area contributed by atoms with Crippen molar-refractivity contribution in [3.05, 3.63) is 16.4 Å². The summed E-state index contributed by atoms with van der Waals surface area (Å²) in [6.45, 7) is 6.67. The largest absolute Gasteiger partial charge is 0.359 e. The predicted molar refractivity (Wildman–Crippen MR) is 62.5 cm³/mol. The molecule has 0 aromatic carbocycles. The first-order chi connectivity index (χ1) is 7.20. The van der Waals surface area contributed by atoms with Crippen LogP contribution >= 0.6 is 15.9 Å². The molecule has 1 aromatic heterocycles. The van der Waals surface area contributed by atoms with Crippen LogP contribution < -0.4 is 0 Å². The number of nitrogens with zero attached hydrogens (tertiary/aromatic N) is 2. The van der Waals surface area contributed by atoms with Crippen LogP contribution in [-0.2, 0) is 6.54 Å². The lowest BCUT2D eigenvalue weighted by atomic mass is 10.0. The Kier molecular flexibility index (Phi) is 3.46. The van der Waals surface area contributed by atoms with E-state index >= 15 is 0 Å². The fourth-order valence-electron chi connectivity index (χ4n) is 2.51. The van der Waals surface area contributed by atoms with Gasteiger partial charge < -0.3 is 4.52 Å². The molecule has 0 spiro atoms. The second-order valence-electron chi connectivity index (χ2n) is 4.33. The fraction of sp³-hybridized carbons (Fsp3) is 0.727. The van der Waals surface area contributed by atoms with Gasteiger partial charge in [-0.2, -0.15) is 0 Å². The zero-order valence-electron chi connectivity index (χ0n) is 9.24. The van der Waals surface area contributed by atoms with Gasteiger partial charge in [-0.15, -0.1) is 0 Å². The Labute approximate surface area is 98.9 Å². The Balaban J connectivity index is 2.00. The summed E-state index contributed by atoms with van der Waals surface area (Å²) in [5.74, 6) is 1.76. The van der Waals surface area contributed by atoms with E-state index in [1.165, 1.54) is 19.4 Å². The highest BCUT2D eigenvalue weighted by Crippen LogP contribution is 2.28. The van der Waals surface area contributed by atoms with Gasteiger partial charge in [0, 0.05) is 12.1 Å². The highest BCUT2D eigenvalue weighted by atomic mass is 79.9. The minimum atomic E-state index is 0.703. The Bertz CT molecular complexity index is 326. The molecule has 0 aliphatic carbocycles. The monoisotopic (exact) mass is 272 g/mol. The van der Waals surface area contributed by atoms with Gasteiger partial charge in [0.15, 0.2) is 5.76 Å². The van der Waals surface area contributed by atoms with Crippen LogP contribution in [0, 0.1) is 5.92 Å². The standard InChI is InChI=1S/C11H17BrN2O/c1-3-10-8(2)4-5-14(10)7-9-6-11(12)13-15-9/h6,8,10H,3-5,7H2,1-2H3. The average molecular weight is 273 g/mol. The molecule has 15 heavy (non-hydrogen) atoms. The molecule has 0 saturated carbocycles. The Morgan fingerprint density at radius 1 is 1.67 bits per heavy atom. The summed E-state index contributed by atoms with van der Waals surface area (Å²) in [4.78, 5) is 2.50. The molecule has 3 nitrogen and oxygen atoms in total. The van der Waals surface area contributed by atoms with Crippen molar-refractivity contribution in [2.24, 2.45) is 5.92 Å². The van der Waals surface area contributed by atoms with Crippen molar-refractivity contribution >= 4 is 15.9 Å². The molecule has 1 saturated heterocycles. The van der Waals surface area contributed by atoms with Gasteiger partial charge in [-0.1, -0.05) is 19.0 Å². The van der Waals surface area contributed by atoms with Gasteiger partial charge >= 0.3 is 0 Å². The Hall–Kier alpha value is -0.350. The van der Waals surface area contributed by atoms with Crippen molar-refractivity contribution in [3.63, 3.8) is 0 Å².